The molecule has 0 radical (unpaired) electrons. The lowest BCUT2D eigenvalue weighted by atomic mass is 10.1. The average Bonchev–Trinajstić information content (AvgIpc) is 2.60. The number of hydrogen-bond donors (Lipinski definition) is 2. The van der Waals surface area contributed by atoms with Crippen molar-refractivity contribution in [3.05, 3.63) is 59.7 Å². The minimum Gasteiger partial charge on any atom is -0.497 e. The predicted octanol–water partition coefficient (Wildman–Crippen LogP) is 1.52. The summed E-state index contributed by atoms with van der Waals surface area (Å²) in [6.07, 6.45) is 0.0395. The highest BCUT2D eigenvalue weighted by molar-refractivity contribution is 5.95. The van der Waals surface area contributed by atoms with E-state index in [1.54, 1.807) is 24.3 Å². The van der Waals surface area contributed by atoms with Crippen molar-refractivity contribution < 1.29 is 23.9 Å². The molecule has 0 saturated heterocycles. The smallest absolute Gasteiger partial charge is 0.310 e. The average molecular weight is 342 g/mol. The Hall–Kier alpha value is -3.35. The summed E-state index contributed by atoms with van der Waals surface area (Å²) >= 11 is 0. The number of methoxy groups -OCH3 is 1. The van der Waals surface area contributed by atoms with Crippen LogP contribution in [0.2, 0.25) is 0 Å². The number of esters is 1. The number of primary amides is 1. The summed E-state index contributed by atoms with van der Waals surface area (Å²) in [5.41, 5.74) is 6.67. The fraction of sp³-hybridized carbons (Fsp3) is 0.167. The van der Waals surface area contributed by atoms with E-state index in [1.165, 1.54) is 31.4 Å². The summed E-state index contributed by atoms with van der Waals surface area (Å²) in [7, 11) is 1.54. The largest absolute Gasteiger partial charge is 0.497 e. The van der Waals surface area contributed by atoms with E-state index in [0.29, 0.717) is 17.0 Å². The number of amides is 2. The molecule has 130 valence electrons. The SMILES string of the molecule is COc1cccc(CC(=O)OCC(=O)Nc2ccc(C(N)=O)cc2)c1. The maximum Gasteiger partial charge on any atom is 0.310 e. The maximum atomic E-state index is 11.8. The molecule has 0 spiro atoms. The molecule has 3 N–H and O–H groups in total. The number of nitrogens with two attached hydrogens (primary N) is 1. The Morgan fingerprint density at radius 3 is 2.44 bits per heavy atom. The molecule has 2 rings (SSSR count). The van der Waals surface area contributed by atoms with Gasteiger partial charge in [-0.15, -0.1) is 0 Å². The highest BCUT2D eigenvalue weighted by Crippen LogP contribution is 2.13. The van der Waals surface area contributed by atoms with Gasteiger partial charge in [0.15, 0.2) is 6.61 Å². The second-order valence-corrected chi connectivity index (χ2v) is 5.18. The first-order chi connectivity index (χ1) is 12.0. The molecule has 0 aromatic heterocycles. The molecule has 0 aliphatic rings. The lowest BCUT2D eigenvalue weighted by Gasteiger charge is -2.08. The molecular weight excluding hydrogens is 324 g/mol. The van der Waals surface area contributed by atoms with Crippen LogP contribution in [0.5, 0.6) is 5.75 Å². The Morgan fingerprint density at radius 1 is 1.08 bits per heavy atom. The quantitative estimate of drug-likeness (QED) is 0.742. The van der Waals surface area contributed by atoms with Gasteiger partial charge in [-0.2, -0.15) is 0 Å². The molecule has 0 unspecified atom stereocenters. The van der Waals surface area contributed by atoms with Crippen LogP contribution in [0.15, 0.2) is 48.5 Å². The Kier molecular flexibility index (Phi) is 6.11. The third-order valence-corrected chi connectivity index (χ3v) is 3.30. The second kappa shape index (κ2) is 8.49. The number of benzene rings is 2. The van der Waals surface area contributed by atoms with Crippen molar-refractivity contribution in [1.82, 2.24) is 0 Å². The van der Waals surface area contributed by atoms with Crippen molar-refractivity contribution in [2.24, 2.45) is 5.73 Å². The Morgan fingerprint density at radius 2 is 1.80 bits per heavy atom. The standard InChI is InChI=1S/C18H18N2O5/c1-24-15-4-2-3-12(9-15)10-17(22)25-11-16(21)20-14-7-5-13(6-8-14)18(19)23/h2-9H,10-11H2,1H3,(H2,19,23)(H,20,21). The summed E-state index contributed by atoms with van der Waals surface area (Å²) in [5, 5.41) is 2.56. The van der Waals surface area contributed by atoms with E-state index in [9.17, 15) is 14.4 Å². The summed E-state index contributed by atoms with van der Waals surface area (Å²) < 4.78 is 10.0. The monoisotopic (exact) mass is 342 g/mol. The highest BCUT2D eigenvalue weighted by atomic mass is 16.5. The van der Waals surface area contributed by atoms with Crippen molar-refractivity contribution in [2.45, 2.75) is 6.42 Å². The molecule has 2 aromatic rings. The van der Waals surface area contributed by atoms with E-state index in [0.717, 1.165) is 5.56 Å². The molecule has 0 aliphatic carbocycles. The van der Waals surface area contributed by atoms with E-state index in [4.69, 9.17) is 15.2 Å². The fourth-order valence-electron chi connectivity index (χ4n) is 2.06. The van der Waals surface area contributed by atoms with Crippen LogP contribution in [0.25, 0.3) is 0 Å². The normalized spacial score (nSPS) is 9.96. The van der Waals surface area contributed by atoms with Crippen molar-refractivity contribution >= 4 is 23.5 Å². The first-order valence-corrected chi connectivity index (χ1v) is 7.46. The van der Waals surface area contributed by atoms with Crippen LogP contribution in [0.3, 0.4) is 0 Å². The topological polar surface area (TPSA) is 108 Å². The van der Waals surface area contributed by atoms with E-state index >= 15 is 0 Å². The van der Waals surface area contributed by atoms with Gasteiger partial charge in [0.25, 0.3) is 5.91 Å². The van der Waals surface area contributed by atoms with E-state index in [2.05, 4.69) is 5.32 Å². The van der Waals surface area contributed by atoms with Crippen LogP contribution in [-0.4, -0.2) is 31.5 Å². The van der Waals surface area contributed by atoms with Crippen molar-refractivity contribution in [2.75, 3.05) is 19.0 Å². The van der Waals surface area contributed by atoms with Crippen LogP contribution in [0, 0.1) is 0 Å². The lowest BCUT2D eigenvalue weighted by Crippen LogP contribution is -2.21. The molecule has 0 atom stereocenters. The summed E-state index contributed by atoms with van der Waals surface area (Å²) in [6.45, 7) is -0.402. The van der Waals surface area contributed by atoms with Crippen molar-refractivity contribution in [3.63, 3.8) is 0 Å². The third kappa shape index (κ3) is 5.65. The Labute approximate surface area is 144 Å². The molecule has 0 bridgehead atoms. The van der Waals surface area contributed by atoms with Gasteiger partial charge in [0.1, 0.15) is 5.75 Å². The minimum atomic E-state index is -0.552. The molecule has 7 heteroatoms. The number of anilines is 1. The lowest BCUT2D eigenvalue weighted by molar-refractivity contribution is -0.146. The first-order valence-electron chi connectivity index (χ1n) is 7.46. The molecule has 0 fully saturated rings. The van der Waals surface area contributed by atoms with Crippen LogP contribution < -0.4 is 15.8 Å². The van der Waals surface area contributed by atoms with Gasteiger partial charge in [-0.1, -0.05) is 12.1 Å². The van der Waals surface area contributed by atoms with Gasteiger partial charge in [0, 0.05) is 11.3 Å². The van der Waals surface area contributed by atoms with Gasteiger partial charge in [-0.25, -0.2) is 0 Å². The second-order valence-electron chi connectivity index (χ2n) is 5.18. The van der Waals surface area contributed by atoms with Gasteiger partial charge < -0.3 is 20.5 Å². The zero-order chi connectivity index (χ0) is 18.2. The predicted molar refractivity (Wildman–Crippen MR) is 91.2 cm³/mol. The molecule has 2 amide bonds. The van der Waals surface area contributed by atoms with E-state index in [-0.39, 0.29) is 6.42 Å². The maximum absolute atomic E-state index is 11.8. The number of carbonyl (C=O) groups excluding carboxylic acids is 3. The first kappa shape index (κ1) is 18.0. The van der Waals surface area contributed by atoms with Crippen LogP contribution in [0.4, 0.5) is 5.69 Å². The summed E-state index contributed by atoms with van der Waals surface area (Å²) in [4.78, 5) is 34.6. The van der Waals surface area contributed by atoms with Gasteiger partial charge in [-0.3, -0.25) is 14.4 Å². The molecular formula is C18H18N2O5. The highest BCUT2D eigenvalue weighted by Gasteiger charge is 2.10. The fourth-order valence-corrected chi connectivity index (χ4v) is 2.06. The van der Waals surface area contributed by atoms with Crippen molar-refractivity contribution in [3.8, 4) is 5.75 Å². The van der Waals surface area contributed by atoms with Gasteiger partial charge >= 0.3 is 5.97 Å². The molecule has 0 saturated carbocycles. The Balaban J connectivity index is 1.80. The molecule has 7 nitrogen and oxygen atoms in total. The zero-order valence-electron chi connectivity index (χ0n) is 13.7. The van der Waals surface area contributed by atoms with Crippen LogP contribution in [-0.2, 0) is 20.7 Å². The van der Waals surface area contributed by atoms with Gasteiger partial charge in [-0.05, 0) is 42.0 Å². The number of hydrogen-bond acceptors (Lipinski definition) is 5. The molecule has 0 heterocycles. The number of ether oxygens (including phenoxy) is 2. The van der Waals surface area contributed by atoms with Crippen LogP contribution in [0.1, 0.15) is 15.9 Å². The van der Waals surface area contributed by atoms with Crippen molar-refractivity contribution in [1.29, 1.82) is 0 Å². The summed E-state index contributed by atoms with van der Waals surface area (Å²) in [6, 6.07) is 13.1. The molecule has 25 heavy (non-hydrogen) atoms. The number of rotatable bonds is 7. The minimum absolute atomic E-state index is 0.0395. The third-order valence-electron chi connectivity index (χ3n) is 3.30. The van der Waals surface area contributed by atoms with E-state index < -0.39 is 24.4 Å². The molecule has 2 aromatic carbocycles. The van der Waals surface area contributed by atoms with Gasteiger partial charge in [0.2, 0.25) is 5.91 Å². The van der Waals surface area contributed by atoms with E-state index in [1.807, 2.05) is 0 Å². The van der Waals surface area contributed by atoms with Gasteiger partial charge in [0.05, 0.1) is 13.5 Å². The summed E-state index contributed by atoms with van der Waals surface area (Å²) in [5.74, 6) is -0.912. The Bertz CT molecular complexity index is 771. The van der Waals surface area contributed by atoms with Crippen LogP contribution >= 0.6 is 0 Å². The number of nitrogens with one attached hydrogen (secondary N) is 1. The zero-order valence-corrected chi connectivity index (χ0v) is 13.7. The molecule has 0 aliphatic heterocycles. The number of carbonyl (C=O) groups is 3.